The Hall–Kier alpha value is -1.43. The highest BCUT2D eigenvalue weighted by molar-refractivity contribution is 5.78. The number of aryl methyl sites for hydroxylation is 1. The lowest BCUT2D eigenvalue weighted by molar-refractivity contribution is -0.120. The van der Waals surface area contributed by atoms with Gasteiger partial charge >= 0.3 is 0 Å². The van der Waals surface area contributed by atoms with Crippen molar-refractivity contribution in [3.63, 3.8) is 0 Å². The highest BCUT2D eigenvalue weighted by Crippen LogP contribution is 2.18. The van der Waals surface area contributed by atoms with Crippen molar-refractivity contribution >= 4 is 5.91 Å². The summed E-state index contributed by atoms with van der Waals surface area (Å²) in [5, 5.41) is 13.9. The molecule has 1 amide bonds. The number of carbonyl (C=O) groups excluding carboxylic acids is 1. The number of carbonyl (C=O) groups is 1. The Morgan fingerprint density at radius 3 is 3.12 bits per heavy atom. The second-order valence-corrected chi connectivity index (χ2v) is 4.05. The van der Waals surface area contributed by atoms with Crippen molar-refractivity contribution < 1.29 is 4.79 Å². The second-order valence-electron chi connectivity index (χ2n) is 4.05. The van der Waals surface area contributed by atoms with Crippen LogP contribution in [0.4, 0.5) is 0 Å². The van der Waals surface area contributed by atoms with Gasteiger partial charge in [0.05, 0.1) is 12.6 Å². The first-order valence-corrected chi connectivity index (χ1v) is 5.58. The van der Waals surface area contributed by atoms with E-state index in [1.807, 2.05) is 6.92 Å². The van der Waals surface area contributed by atoms with Crippen molar-refractivity contribution in [3.05, 3.63) is 11.6 Å². The molecule has 0 saturated carbocycles. The minimum Gasteiger partial charge on any atom is -0.345 e. The first-order chi connectivity index (χ1) is 7.72. The largest absolute Gasteiger partial charge is 0.345 e. The maximum absolute atomic E-state index is 11.4. The van der Waals surface area contributed by atoms with Gasteiger partial charge in [0.1, 0.15) is 5.82 Å². The van der Waals surface area contributed by atoms with Gasteiger partial charge in [0, 0.05) is 13.0 Å². The molecule has 0 bridgehead atoms. The average molecular weight is 223 g/mol. The van der Waals surface area contributed by atoms with Crippen molar-refractivity contribution in [3.8, 4) is 0 Å². The Balaban J connectivity index is 2.03. The van der Waals surface area contributed by atoms with Crippen molar-refractivity contribution in [1.82, 2.24) is 25.4 Å². The van der Waals surface area contributed by atoms with Gasteiger partial charge in [0.25, 0.3) is 0 Å². The van der Waals surface area contributed by atoms with Crippen LogP contribution < -0.4 is 10.6 Å². The van der Waals surface area contributed by atoms with E-state index in [4.69, 9.17) is 0 Å². The molecule has 0 aromatic carbocycles. The van der Waals surface area contributed by atoms with Gasteiger partial charge in [-0.3, -0.25) is 4.79 Å². The maximum atomic E-state index is 11.4. The molecule has 2 N–H and O–H groups in total. The number of nitrogens with one attached hydrogen (secondary N) is 2. The van der Waals surface area contributed by atoms with Crippen LogP contribution >= 0.6 is 0 Å². The van der Waals surface area contributed by atoms with Crippen molar-refractivity contribution in [2.45, 2.75) is 32.4 Å². The van der Waals surface area contributed by atoms with Gasteiger partial charge in [-0.25, -0.2) is 0 Å². The summed E-state index contributed by atoms with van der Waals surface area (Å²) in [6.07, 6.45) is 2.11. The molecule has 6 nitrogen and oxygen atoms in total. The van der Waals surface area contributed by atoms with Crippen LogP contribution in [-0.2, 0) is 17.8 Å². The van der Waals surface area contributed by atoms with E-state index in [1.165, 1.54) is 0 Å². The number of amides is 1. The quantitative estimate of drug-likeness (QED) is 0.730. The van der Waals surface area contributed by atoms with Crippen molar-refractivity contribution in [1.29, 1.82) is 0 Å². The summed E-state index contributed by atoms with van der Waals surface area (Å²) >= 11 is 0. The minimum absolute atomic E-state index is 0.0228. The maximum Gasteiger partial charge on any atom is 0.234 e. The van der Waals surface area contributed by atoms with Gasteiger partial charge in [-0.05, 0) is 20.4 Å². The average Bonchev–Trinajstić information content (AvgIpc) is 2.77. The van der Waals surface area contributed by atoms with Crippen LogP contribution in [0, 0.1) is 0 Å². The number of rotatable bonds is 4. The molecule has 2 rings (SSSR count). The lowest BCUT2D eigenvalue weighted by Crippen LogP contribution is -2.35. The molecule has 1 aliphatic rings. The molecular formula is C10H17N5O. The summed E-state index contributed by atoms with van der Waals surface area (Å²) in [6.45, 7) is 3.22. The molecule has 0 saturated heterocycles. The standard InChI is InChI=1S/C10H17N5O/c1-7(12-9(16)6-11-2)10-14-13-8-4-3-5-15(8)10/h7,11H,3-6H2,1-2H3,(H,12,16). The molecule has 1 atom stereocenters. The predicted octanol–water partition coefficient (Wildman–Crippen LogP) is -0.379. The van der Waals surface area contributed by atoms with E-state index in [-0.39, 0.29) is 11.9 Å². The van der Waals surface area contributed by atoms with Crippen molar-refractivity contribution in [2.75, 3.05) is 13.6 Å². The zero-order valence-corrected chi connectivity index (χ0v) is 9.66. The van der Waals surface area contributed by atoms with Crippen LogP contribution in [0.1, 0.15) is 31.0 Å². The molecule has 0 aliphatic carbocycles. The summed E-state index contributed by atoms with van der Waals surface area (Å²) in [5.74, 6) is 1.87. The minimum atomic E-state index is -0.0831. The Morgan fingerprint density at radius 2 is 2.38 bits per heavy atom. The van der Waals surface area contributed by atoms with Gasteiger partial charge in [0.15, 0.2) is 5.82 Å². The summed E-state index contributed by atoms with van der Waals surface area (Å²) in [5.41, 5.74) is 0. The van der Waals surface area contributed by atoms with Crippen LogP contribution in [0.2, 0.25) is 0 Å². The SMILES string of the molecule is CNCC(=O)NC(C)c1nnc2n1CCC2. The van der Waals surface area contributed by atoms with Gasteiger partial charge in [-0.1, -0.05) is 0 Å². The Bertz CT molecular complexity index is 387. The zero-order chi connectivity index (χ0) is 11.5. The number of nitrogens with zero attached hydrogens (tertiary/aromatic N) is 3. The lowest BCUT2D eigenvalue weighted by Gasteiger charge is -2.13. The van der Waals surface area contributed by atoms with Gasteiger partial charge in [-0.2, -0.15) is 0 Å². The van der Waals surface area contributed by atoms with Crippen LogP contribution in [-0.4, -0.2) is 34.3 Å². The molecule has 0 spiro atoms. The molecule has 88 valence electrons. The smallest absolute Gasteiger partial charge is 0.234 e. The molecule has 1 aromatic rings. The Kier molecular flexibility index (Phi) is 3.19. The summed E-state index contributed by atoms with van der Waals surface area (Å²) in [4.78, 5) is 11.4. The van der Waals surface area contributed by atoms with E-state index in [0.717, 1.165) is 31.0 Å². The molecule has 16 heavy (non-hydrogen) atoms. The van der Waals surface area contributed by atoms with E-state index in [1.54, 1.807) is 7.05 Å². The van der Waals surface area contributed by atoms with Crippen molar-refractivity contribution in [2.24, 2.45) is 0 Å². The summed E-state index contributed by atoms with van der Waals surface area (Å²) in [7, 11) is 1.75. The highest BCUT2D eigenvalue weighted by atomic mass is 16.1. The highest BCUT2D eigenvalue weighted by Gasteiger charge is 2.21. The lowest BCUT2D eigenvalue weighted by atomic mass is 10.3. The van der Waals surface area contributed by atoms with Crippen LogP contribution in [0.25, 0.3) is 0 Å². The number of fused-ring (bicyclic) bond motifs is 1. The molecule has 0 radical (unpaired) electrons. The fourth-order valence-corrected chi connectivity index (χ4v) is 2.01. The summed E-state index contributed by atoms with van der Waals surface area (Å²) in [6, 6.07) is -0.0831. The molecule has 1 unspecified atom stereocenters. The molecule has 2 heterocycles. The first-order valence-electron chi connectivity index (χ1n) is 5.58. The zero-order valence-electron chi connectivity index (χ0n) is 9.66. The molecule has 6 heteroatoms. The number of hydrogen-bond donors (Lipinski definition) is 2. The third-order valence-electron chi connectivity index (χ3n) is 2.74. The van der Waals surface area contributed by atoms with E-state index >= 15 is 0 Å². The summed E-state index contributed by atoms with van der Waals surface area (Å²) < 4.78 is 2.10. The first kappa shape index (κ1) is 11.1. The molecule has 0 fully saturated rings. The van der Waals surface area contributed by atoms with E-state index in [2.05, 4.69) is 25.4 Å². The van der Waals surface area contributed by atoms with Crippen LogP contribution in [0.5, 0.6) is 0 Å². The number of likely N-dealkylation sites (N-methyl/N-ethyl adjacent to an activating group) is 1. The third kappa shape index (κ3) is 2.06. The Labute approximate surface area is 94.4 Å². The fraction of sp³-hybridized carbons (Fsp3) is 0.700. The third-order valence-corrected chi connectivity index (χ3v) is 2.74. The topological polar surface area (TPSA) is 71.8 Å². The van der Waals surface area contributed by atoms with Gasteiger partial charge < -0.3 is 15.2 Å². The van der Waals surface area contributed by atoms with Gasteiger partial charge in [0.2, 0.25) is 5.91 Å². The van der Waals surface area contributed by atoms with E-state index < -0.39 is 0 Å². The molecule has 1 aromatic heterocycles. The fourth-order valence-electron chi connectivity index (χ4n) is 2.01. The monoisotopic (exact) mass is 223 g/mol. The second kappa shape index (κ2) is 4.61. The number of aromatic nitrogens is 3. The molecule has 1 aliphatic heterocycles. The predicted molar refractivity (Wildman–Crippen MR) is 58.8 cm³/mol. The Morgan fingerprint density at radius 1 is 1.56 bits per heavy atom. The molecular weight excluding hydrogens is 206 g/mol. The van der Waals surface area contributed by atoms with E-state index in [0.29, 0.717) is 6.54 Å². The normalized spacial score (nSPS) is 15.9. The van der Waals surface area contributed by atoms with Crippen LogP contribution in [0.3, 0.4) is 0 Å². The van der Waals surface area contributed by atoms with Gasteiger partial charge in [-0.15, -0.1) is 10.2 Å². The van der Waals surface area contributed by atoms with Crippen LogP contribution in [0.15, 0.2) is 0 Å². The van der Waals surface area contributed by atoms with E-state index in [9.17, 15) is 4.79 Å². The number of hydrogen-bond acceptors (Lipinski definition) is 4.